The van der Waals surface area contributed by atoms with Crippen molar-refractivity contribution in [3.63, 3.8) is 0 Å². The quantitative estimate of drug-likeness (QED) is 0.192. The number of hydrogen-bond donors (Lipinski definition) is 0. The molecule has 0 unspecified atom stereocenters. The Kier molecular flexibility index (Phi) is 9.21. The van der Waals surface area contributed by atoms with Crippen molar-refractivity contribution in [3.05, 3.63) is 108 Å². The highest BCUT2D eigenvalue weighted by Gasteiger charge is 2.55. The molecule has 0 N–H and O–H groups in total. The molecule has 44 heavy (non-hydrogen) atoms. The first-order valence-corrected chi connectivity index (χ1v) is 16.2. The Morgan fingerprint density at radius 2 is 1.32 bits per heavy atom. The van der Waals surface area contributed by atoms with E-state index < -0.39 is 23.5 Å². The van der Waals surface area contributed by atoms with Gasteiger partial charge >= 0.3 is 5.97 Å². The third kappa shape index (κ3) is 6.84. The van der Waals surface area contributed by atoms with Gasteiger partial charge in [-0.25, -0.2) is 0 Å². The van der Waals surface area contributed by atoms with Gasteiger partial charge in [0.25, 0.3) is 0 Å². The molecule has 0 radical (unpaired) electrons. The highest BCUT2D eigenvalue weighted by molar-refractivity contribution is 5.99. The molecule has 0 spiro atoms. The number of Topliss-reactive ketones (excluding diaryl/α,β-unsaturated/α-hetero) is 1. The van der Waals surface area contributed by atoms with Crippen molar-refractivity contribution in [2.24, 2.45) is 17.8 Å². The molecule has 1 heterocycles. The minimum absolute atomic E-state index is 0.0391. The molecule has 3 aromatic rings. The lowest BCUT2D eigenvalue weighted by atomic mass is 9.75. The number of hydrogen-bond acceptors (Lipinski definition) is 5. The van der Waals surface area contributed by atoms with Crippen molar-refractivity contribution in [3.8, 4) is 0 Å². The van der Waals surface area contributed by atoms with Crippen LogP contribution in [0.5, 0.6) is 0 Å². The normalized spacial score (nSPS) is 25.7. The van der Waals surface area contributed by atoms with Gasteiger partial charge in [-0.3, -0.25) is 14.4 Å². The first-order chi connectivity index (χ1) is 20.8. The van der Waals surface area contributed by atoms with E-state index in [4.69, 9.17) is 9.57 Å². The number of nitrogens with zero attached hydrogens (tertiary/aromatic N) is 1. The van der Waals surface area contributed by atoms with E-state index in [0.29, 0.717) is 12.0 Å². The second kappa shape index (κ2) is 12.6. The third-order valence-electron chi connectivity index (χ3n) is 9.48. The van der Waals surface area contributed by atoms with Crippen LogP contribution in [-0.2, 0) is 14.4 Å². The van der Waals surface area contributed by atoms with Crippen LogP contribution in [0.3, 0.4) is 0 Å². The fourth-order valence-electron chi connectivity index (χ4n) is 7.71. The standard InChI is InChI=1S/C39H49NO4/c1-37(2,3)43-36(42)31-26-30(33(32(31)27-18-11-8-12-19-27)34(41)28-20-13-9-14-21-28)35(29-22-15-10-16-23-29)44-40-38(4,5)24-17-25-39(40,6)7/h8-16,18-23,30-33,35H,17,24-26H2,1-7H3/t30-,31+,32-,33-,35+/m1/s1. The van der Waals surface area contributed by atoms with Gasteiger partial charge in [0.1, 0.15) is 11.7 Å². The summed E-state index contributed by atoms with van der Waals surface area (Å²) in [5.74, 6) is -1.86. The second-order valence-electron chi connectivity index (χ2n) is 14.9. The van der Waals surface area contributed by atoms with Crippen LogP contribution in [-0.4, -0.2) is 33.5 Å². The summed E-state index contributed by atoms with van der Waals surface area (Å²) in [6.07, 6.45) is 3.20. The van der Waals surface area contributed by atoms with Crippen molar-refractivity contribution in [1.29, 1.82) is 0 Å². The fourth-order valence-corrected chi connectivity index (χ4v) is 7.71. The smallest absolute Gasteiger partial charge is 0.310 e. The summed E-state index contributed by atoms with van der Waals surface area (Å²) in [6, 6.07) is 29.8. The highest BCUT2D eigenvalue weighted by Crippen LogP contribution is 2.55. The van der Waals surface area contributed by atoms with E-state index in [1.54, 1.807) is 0 Å². The van der Waals surface area contributed by atoms with Crippen LogP contribution in [0, 0.1) is 17.8 Å². The van der Waals surface area contributed by atoms with Crippen LogP contribution in [0.25, 0.3) is 0 Å². The Morgan fingerprint density at radius 1 is 0.795 bits per heavy atom. The summed E-state index contributed by atoms with van der Waals surface area (Å²) in [5, 5.41) is 2.20. The zero-order valence-corrected chi connectivity index (χ0v) is 27.5. The van der Waals surface area contributed by atoms with Gasteiger partial charge in [0.15, 0.2) is 5.78 Å². The average Bonchev–Trinajstić information content (AvgIpc) is 3.37. The van der Waals surface area contributed by atoms with Crippen LogP contribution in [0.1, 0.15) is 108 Å². The molecule has 0 aromatic heterocycles. The van der Waals surface area contributed by atoms with Gasteiger partial charge in [0.05, 0.1) is 5.92 Å². The van der Waals surface area contributed by atoms with Crippen molar-refractivity contribution < 1.29 is 19.2 Å². The summed E-state index contributed by atoms with van der Waals surface area (Å²) in [6.45, 7) is 14.7. The van der Waals surface area contributed by atoms with Gasteiger partial charge < -0.3 is 4.74 Å². The lowest BCUT2D eigenvalue weighted by Gasteiger charge is -2.53. The lowest BCUT2D eigenvalue weighted by Crippen LogP contribution is -2.59. The number of ether oxygens (including phenoxy) is 1. The van der Waals surface area contributed by atoms with Crippen LogP contribution >= 0.6 is 0 Å². The maximum absolute atomic E-state index is 14.8. The van der Waals surface area contributed by atoms with E-state index in [9.17, 15) is 9.59 Å². The molecule has 1 aliphatic heterocycles. The first kappa shape index (κ1) is 32.1. The molecule has 3 aromatic carbocycles. The summed E-state index contributed by atoms with van der Waals surface area (Å²) >= 11 is 0. The maximum Gasteiger partial charge on any atom is 0.310 e. The fraction of sp³-hybridized carbons (Fsp3) is 0.487. The Balaban J connectivity index is 1.68. The topological polar surface area (TPSA) is 55.8 Å². The van der Waals surface area contributed by atoms with Gasteiger partial charge in [-0.2, -0.15) is 5.06 Å². The molecule has 5 rings (SSSR count). The molecule has 1 aliphatic carbocycles. The molecule has 2 aliphatic rings. The number of rotatable bonds is 8. The zero-order chi connectivity index (χ0) is 31.7. The minimum atomic E-state index is -0.646. The highest BCUT2D eigenvalue weighted by atomic mass is 16.7. The second-order valence-corrected chi connectivity index (χ2v) is 14.9. The number of hydroxylamine groups is 2. The molecule has 234 valence electrons. The van der Waals surface area contributed by atoms with Crippen LogP contribution in [0.4, 0.5) is 0 Å². The molecule has 5 nitrogen and oxygen atoms in total. The Bertz CT molecular complexity index is 1390. The number of ketones is 1. The van der Waals surface area contributed by atoms with Crippen molar-refractivity contribution in [2.75, 3.05) is 0 Å². The maximum atomic E-state index is 14.8. The molecule has 5 atom stereocenters. The number of carbonyl (C=O) groups is 2. The van der Waals surface area contributed by atoms with Crippen molar-refractivity contribution in [1.82, 2.24) is 5.06 Å². The van der Waals surface area contributed by atoms with E-state index in [-0.39, 0.29) is 34.7 Å². The van der Waals surface area contributed by atoms with Crippen molar-refractivity contribution >= 4 is 11.8 Å². The molecule has 1 saturated carbocycles. The number of piperidine rings is 1. The van der Waals surface area contributed by atoms with Crippen LogP contribution in [0.2, 0.25) is 0 Å². The predicted octanol–water partition coefficient (Wildman–Crippen LogP) is 8.96. The number of benzene rings is 3. The van der Waals surface area contributed by atoms with E-state index in [1.807, 2.05) is 99.6 Å². The monoisotopic (exact) mass is 595 g/mol. The van der Waals surface area contributed by atoms with E-state index >= 15 is 0 Å². The SMILES string of the molecule is CC(C)(C)OC(=O)[C@H]1C[C@@H]([C@@H](ON2C(C)(C)CCCC2(C)C)c2ccccc2)[C@@H](C(=O)c2ccccc2)[C@@H]1c1ccccc1. The lowest BCUT2D eigenvalue weighted by molar-refractivity contribution is -0.316. The first-order valence-electron chi connectivity index (χ1n) is 16.2. The van der Waals surface area contributed by atoms with Gasteiger partial charge in [0, 0.05) is 34.4 Å². The largest absolute Gasteiger partial charge is 0.460 e. The summed E-state index contributed by atoms with van der Waals surface area (Å²) in [5.41, 5.74) is 1.60. The summed E-state index contributed by atoms with van der Waals surface area (Å²) in [7, 11) is 0. The van der Waals surface area contributed by atoms with Gasteiger partial charge in [0.2, 0.25) is 0 Å². The summed E-state index contributed by atoms with van der Waals surface area (Å²) in [4.78, 5) is 36.1. The Labute approximate surface area is 263 Å². The third-order valence-corrected chi connectivity index (χ3v) is 9.48. The van der Waals surface area contributed by atoms with E-state index in [2.05, 4.69) is 44.9 Å². The zero-order valence-electron chi connectivity index (χ0n) is 27.5. The van der Waals surface area contributed by atoms with Crippen LogP contribution in [0.15, 0.2) is 91.0 Å². The molecule has 1 saturated heterocycles. The van der Waals surface area contributed by atoms with Gasteiger partial charge in [-0.05, 0) is 85.3 Å². The molecule has 0 amide bonds. The van der Waals surface area contributed by atoms with Crippen molar-refractivity contribution in [2.45, 2.75) is 103 Å². The number of esters is 1. The molecule has 2 fully saturated rings. The van der Waals surface area contributed by atoms with Crippen LogP contribution < -0.4 is 0 Å². The number of carbonyl (C=O) groups excluding carboxylic acids is 2. The molecular formula is C39H49NO4. The van der Waals surface area contributed by atoms with E-state index in [0.717, 1.165) is 30.4 Å². The minimum Gasteiger partial charge on any atom is -0.460 e. The molecule has 0 bridgehead atoms. The van der Waals surface area contributed by atoms with E-state index in [1.165, 1.54) is 0 Å². The van der Waals surface area contributed by atoms with Gasteiger partial charge in [-0.15, -0.1) is 0 Å². The predicted molar refractivity (Wildman–Crippen MR) is 175 cm³/mol. The van der Waals surface area contributed by atoms with Gasteiger partial charge in [-0.1, -0.05) is 91.0 Å². The average molecular weight is 596 g/mol. The Morgan fingerprint density at radius 3 is 1.86 bits per heavy atom. The Hall–Kier alpha value is -3.28. The molecular weight excluding hydrogens is 546 g/mol. The summed E-state index contributed by atoms with van der Waals surface area (Å²) < 4.78 is 6.06. The molecule has 5 heteroatoms.